The Morgan fingerprint density at radius 1 is 1.00 bits per heavy atom. The van der Waals surface area contributed by atoms with E-state index in [4.69, 9.17) is 9.47 Å². The third kappa shape index (κ3) is 2.23. The Kier molecular flexibility index (Phi) is 3.30. The Morgan fingerprint density at radius 2 is 1.79 bits per heavy atom. The molecule has 3 aliphatic heterocycles. The maximum atomic E-state index is 5.85. The number of piperidine rings is 1. The molecule has 4 fully saturated rings. The zero-order valence-electron chi connectivity index (χ0n) is 11.8. The molecule has 1 saturated carbocycles. The van der Waals surface area contributed by atoms with Gasteiger partial charge in [0.1, 0.15) is 0 Å². The quantitative estimate of drug-likeness (QED) is 0.777. The van der Waals surface area contributed by atoms with Gasteiger partial charge in [0.15, 0.2) is 5.79 Å². The number of hydrogen-bond donors (Lipinski definition) is 1. The molecule has 4 aliphatic rings. The number of ether oxygens (including phenoxy) is 2. The summed E-state index contributed by atoms with van der Waals surface area (Å²) in [6, 6.07) is 1.57. The Balaban J connectivity index is 1.40. The van der Waals surface area contributed by atoms with Gasteiger partial charge in [-0.1, -0.05) is 0 Å². The first kappa shape index (κ1) is 12.6. The normalized spacial score (nSPS) is 39.8. The second-order valence-electron chi connectivity index (χ2n) is 6.70. The maximum absolute atomic E-state index is 5.85. The molecule has 0 bridgehead atoms. The fraction of sp³-hybridized carbons (Fsp3) is 1.00. The van der Waals surface area contributed by atoms with E-state index in [1.165, 1.54) is 45.3 Å². The minimum Gasteiger partial charge on any atom is -0.348 e. The van der Waals surface area contributed by atoms with E-state index in [1.54, 1.807) is 0 Å². The van der Waals surface area contributed by atoms with Crippen molar-refractivity contribution in [2.45, 2.75) is 56.4 Å². The molecule has 3 saturated heterocycles. The van der Waals surface area contributed by atoms with Crippen molar-refractivity contribution >= 4 is 0 Å². The largest absolute Gasteiger partial charge is 0.348 e. The molecule has 0 radical (unpaired) electrons. The molecule has 3 heterocycles. The van der Waals surface area contributed by atoms with E-state index in [1.807, 2.05) is 0 Å². The third-order valence-corrected chi connectivity index (χ3v) is 5.72. The van der Waals surface area contributed by atoms with Crippen molar-refractivity contribution in [3.05, 3.63) is 0 Å². The van der Waals surface area contributed by atoms with E-state index >= 15 is 0 Å². The molecule has 0 amide bonds. The molecule has 1 aliphatic carbocycles. The van der Waals surface area contributed by atoms with Crippen molar-refractivity contribution in [3.8, 4) is 0 Å². The van der Waals surface area contributed by atoms with E-state index in [0.29, 0.717) is 0 Å². The molecule has 108 valence electrons. The third-order valence-electron chi connectivity index (χ3n) is 5.72. The lowest BCUT2D eigenvalue weighted by Crippen LogP contribution is -2.53. The van der Waals surface area contributed by atoms with Crippen molar-refractivity contribution in [1.29, 1.82) is 0 Å². The fourth-order valence-electron chi connectivity index (χ4n) is 4.72. The summed E-state index contributed by atoms with van der Waals surface area (Å²) in [6.07, 6.45) is 7.51. The summed E-state index contributed by atoms with van der Waals surface area (Å²) in [7, 11) is 0. The summed E-state index contributed by atoms with van der Waals surface area (Å²) in [5.74, 6) is 0.711. The molecule has 1 N–H and O–H groups in total. The van der Waals surface area contributed by atoms with E-state index in [2.05, 4.69) is 10.2 Å². The van der Waals surface area contributed by atoms with E-state index in [9.17, 15) is 0 Å². The van der Waals surface area contributed by atoms with Crippen LogP contribution in [0.2, 0.25) is 0 Å². The van der Waals surface area contributed by atoms with Crippen LogP contribution in [0.4, 0.5) is 0 Å². The molecule has 0 aromatic carbocycles. The minimum absolute atomic E-state index is 0.195. The summed E-state index contributed by atoms with van der Waals surface area (Å²) >= 11 is 0. The second kappa shape index (κ2) is 4.99. The van der Waals surface area contributed by atoms with Crippen LogP contribution in [-0.2, 0) is 9.47 Å². The maximum Gasteiger partial charge on any atom is 0.168 e. The average Bonchev–Trinajstić information content (AvgIpc) is 3.09. The first-order valence-corrected chi connectivity index (χ1v) is 8.11. The van der Waals surface area contributed by atoms with Crippen molar-refractivity contribution in [2.75, 3.05) is 32.8 Å². The summed E-state index contributed by atoms with van der Waals surface area (Å²) in [6.45, 7) is 5.34. The summed E-state index contributed by atoms with van der Waals surface area (Å²) in [4.78, 5) is 2.82. The van der Waals surface area contributed by atoms with E-state index in [0.717, 1.165) is 44.1 Å². The highest BCUT2D eigenvalue weighted by atomic mass is 16.7. The SMILES string of the molecule is C1CC2CNCC2N(C2CCC3(CC2)OCCO3)C1. The predicted octanol–water partition coefficient (Wildman–Crippen LogP) is 1.36. The molecular weight excluding hydrogens is 240 g/mol. The van der Waals surface area contributed by atoms with Crippen molar-refractivity contribution in [3.63, 3.8) is 0 Å². The standard InChI is InChI=1S/C15H26N2O2/c1-2-12-10-16-11-14(12)17(7-1)13-3-5-15(6-4-13)18-8-9-19-15/h12-14,16H,1-11H2. The molecule has 2 unspecified atom stereocenters. The lowest BCUT2D eigenvalue weighted by atomic mass is 9.84. The highest BCUT2D eigenvalue weighted by molar-refractivity contribution is 4.96. The van der Waals surface area contributed by atoms with Crippen LogP contribution in [0.25, 0.3) is 0 Å². The number of hydrogen-bond acceptors (Lipinski definition) is 4. The smallest absolute Gasteiger partial charge is 0.168 e. The van der Waals surface area contributed by atoms with E-state index in [-0.39, 0.29) is 5.79 Å². The van der Waals surface area contributed by atoms with Crippen LogP contribution >= 0.6 is 0 Å². The van der Waals surface area contributed by atoms with E-state index < -0.39 is 0 Å². The van der Waals surface area contributed by atoms with Gasteiger partial charge in [-0.2, -0.15) is 0 Å². The van der Waals surface area contributed by atoms with Gasteiger partial charge in [-0.15, -0.1) is 0 Å². The Labute approximate surface area is 115 Å². The number of nitrogens with one attached hydrogen (secondary N) is 1. The molecule has 0 aromatic rings. The molecule has 0 aromatic heterocycles. The van der Waals surface area contributed by atoms with Gasteiger partial charge in [-0.05, 0) is 44.7 Å². The molecule has 4 nitrogen and oxygen atoms in total. The van der Waals surface area contributed by atoms with Crippen molar-refractivity contribution in [1.82, 2.24) is 10.2 Å². The van der Waals surface area contributed by atoms with Gasteiger partial charge < -0.3 is 14.8 Å². The Morgan fingerprint density at radius 3 is 2.58 bits per heavy atom. The van der Waals surface area contributed by atoms with Crippen LogP contribution < -0.4 is 5.32 Å². The first-order valence-electron chi connectivity index (χ1n) is 8.11. The van der Waals surface area contributed by atoms with Gasteiger partial charge in [0.05, 0.1) is 13.2 Å². The molecule has 19 heavy (non-hydrogen) atoms. The van der Waals surface area contributed by atoms with Crippen molar-refractivity contribution < 1.29 is 9.47 Å². The van der Waals surface area contributed by atoms with Gasteiger partial charge in [0.25, 0.3) is 0 Å². The van der Waals surface area contributed by atoms with Crippen LogP contribution in [0.3, 0.4) is 0 Å². The van der Waals surface area contributed by atoms with Gasteiger partial charge in [-0.25, -0.2) is 0 Å². The summed E-state index contributed by atoms with van der Waals surface area (Å²) in [5.41, 5.74) is 0. The van der Waals surface area contributed by atoms with Gasteiger partial charge in [-0.3, -0.25) is 4.90 Å². The highest BCUT2D eigenvalue weighted by Gasteiger charge is 2.44. The Bertz CT molecular complexity index is 320. The monoisotopic (exact) mass is 266 g/mol. The van der Waals surface area contributed by atoms with Gasteiger partial charge >= 0.3 is 0 Å². The van der Waals surface area contributed by atoms with Crippen LogP contribution in [0.1, 0.15) is 38.5 Å². The molecular formula is C15H26N2O2. The first-order chi connectivity index (χ1) is 9.36. The minimum atomic E-state index is -0.195. The lowest BCUT2D eigenvalue weighted by molar-refractivity contribution is -0.185. The van der Waals surface area contributed by atoms with Crippen LogP contribution in [0.5, 0.6) is 0 Å². The number of nitrogens with zero attached hydrogens (tertiary/aromatic N) is 1. The number of fused-ring (bicyclic) bond motifs is 1. The average molecular weight is 266 g/mol. The zero-order valence-corrected chi connectivity index (χ0v) is 11.8. The molecule has 4 heteroatoms. The zero-order chi connectivity index (χ0) is 12.7. The number of likely N-dealkylation sites (tertiary alicyclic amines) is 1. The molecule has 4 rings (SSSR count). The second-order valence-corrected chi connectivity index (χ2v) is 6.70. The molecule has 1 spiro atoms. The Hall–Kier alpha value is -0.160. The summed E-state index contributed by atoms with van der Waals surface area (Å²) in [5, 5.41) is 3.59. The van der Waals surface area contributed by atoms with Gasteiger partial charge in [0.2, 0.25) is 0 Å². The van der Waals surface area contributed by atoms with Crippen LogP contribution in [-0.4, -0.2) is 55.6 Å². The predicted molar refractivity (Wildman–Crippen MR) is 73.0 cm³/mol. The summed E-state index contributed by atoms with van der Waals surface area (Å²) < 4.78 is 11.7. The van der Waals surface area contributed by atoms with Crippen molar-refractivity contribution in [2.24, 2.45) is 5.92 Å². The highest BCUT2D eigenvalue weighted by Crippen LogP contribution is 2.39. The van der Waals surface area contributed by atoms with Crippen LogP contribution in [0, 0.1) is 5.92 Å². The lowest BCUT2D eigenvalue weighted by Gasteiger charge is -2.46. The van der Waals surface area contributed by atoms with Crippen LogP contribution in [0.15, 0.2) is 0 Å². The van der Waals surface area contributed by atoms with Gasteiger partial charge in [0, 0.05) is 31.5 Å². The molecule has 2 atom stereocenters. The number of rotatable bonds is 1. The topological polar surface area (TPSA) is 33.7 Å². The fourth-order valence-corrected chi connectivity index (χ4v) is 4.72.